The van der Waals surface area contributed by atoms with Gasteiger partial charge in [0.05, 0.1) is 0 Å². The van der Waals surface area contributed by atoms with E-state index in [0.717, 1.165) is 24.8 Å². The Labute approximate surface area is 166 Å². The van der Waals surface area contributed by atoms with Crippen LogP contribution in [0.5, 0.6) is 0 Å². The number of anilines is 1. The van der Waals surface area contributed by atoms with Gasteiger partial charge >= 0.3 is 0 Å². The van der Waals surface area contributed by atoms with Crippen molar-refractivity contribution in [2.75, 3.05) is 11.9 Å². The summed E-state index contributed by atoms with van der Waals surface area (Å²) in [6.45, 7) is 5.32. The molecule has 2 aromatic rings. The predicted molar refractivity (Wildman–Crippen MR) is 110 cm³/mol. The first-order valence-electron chi connectivity index (χ1n) is 9.96. The van der Waals surface area contributed by atoms with Gasteiger partial charge in [-0.05, 0) is 49.9 Å². The van der Waals surface area contributed by atoms with E-state index in [1.54, 1.807) is 24.3 Å². The first-order chi connectivity index (χ1) is 13.6. The van der Waals surface area contributed by atoms with Crippen LogP contribution in [0.2, 0.25) is 0 Å². The van der Waals surface area contributed by atoms with Gasteiger partial charge in [-0.25, -0.2) is 0 Å². The number of hydrogen-bond donors (Lipinski definition) is 1. The lowest BCUT2D eigenvalue weighted by molar-refractivity contribution is -0.124. The zero-order valence-corrected chi connectivity index (χ0v) is 16.6. The quantitative estimate of drug-likeness (QED) is 0.781. The van der Waals surface area contributed by atoms with Gasteiger partial charge in [0.15, 0.2) is 0 Å². The Morgan fingerprint density at radius 1 is 1.18 bits per heavy atom. The number of carbonyl (C=O) groups is 2. The number of hydrogen-bond acceptors (Lipinski definition) is 3. The van der Waals surface area contributed by atoms with Gasteiger partial charge in [-0.2, -0.15) is 0 Å². The van der Waals surface area contributed by atoms with Crippen molar-refractivity contribution >= 4 is 17.5 Å². The largest absolute Gasteiger partial charge is 0.368 e. The van der Waals surface area contributed by atoms with Crippen molar-refractivity contribution in [1.29, 1.82) is 0 Å². The highest BCUT2D eigenvalue weighted by atomic mass is 16.5. The van der Waals surface area contributed by atoms with E-state index in [0.29, 0.717) is 24.4 Å². The molecule has 1 aliphatic heterocycles. The van der Waals surface area contributed by atoms with Crippen LogP contribution in [0.25, 0.3) is 0 Å². The molecule has 0 radical (unpaired) electrons. The third kappa shape index (κ3) is 4.98. The van der Waals surface area contributed by atoms with Crippen LogP contribution in [0.15, 0.2) is 54.6 Å². The first kappa shape index (κ1) is 20.1. The molecule has 1 N–H and O–H groups in total. The average molecular weight is 380 g/mol. The zero-order chi connectivity index (χ0) is 19.9. The molecule has 2 atom stereocenters. The Morgan fingerprint density at radius 2 is 1.96 bits per heavy atom. The Kier molecular flexibility index (Phi) is 6.82. The molecule has 5 nitrogen and oxygen atoms in total. The number of benzene rings is 2. The van der Waals surface area contributed by atoms with Crippen LogP contribution < -0.4 is 5.32 Å². The topological polar surface area (TPSA) is 58.6 Å². The smallest absolute Gasteiger partial charge is 0.254 e. The number of nitrogens with zero attached hydrogens (tertiary/aromatic N) is 1. The van der Waals surface area contributed by atoms with Crippen LogP contribution in [0.1, 0.15) is 49.0 Å². The summed E-state index contributed by atoms with van der Waals surface area (Å²) < 4.78 is 5.43. The molecule has 0 spiro atoms. The third-order valence-electron chi connectivity index (χ3n) is 5.18. The summed E-state index contributed by atoms with van der Waals surface area (Å²) >= 11 is 0. The van der Waals surface area contributed by atoms with Gasteiger partial charge in [-0.3, -0.25) is 9.59 Å². The van der Waals surface area contributed by atoms with Gasteiger partial charge in [0.25, 0.3) is 11.8 Å². The van der Waals surface area contributed by atoms with E-state index in [4.69, 9.17) is 4.74 Å². The highest BCUT2D eigenvalue weighted by molar-refractivity contribution is 5.98. The van der Waals surface area contributed by atoms with E-state index in [9.17, 15) is 9.59 Å². The van der Waals surface area contributed by atoms with E-state index in [1.165, 1.54) is 0 Å². The van der Waals surface area contributed by atoms with Crippen LogP contribution in [0, 0.1) is 0 Å². The third-order valence-corrected chi connectivity index (χ3v) is 5.18. The normalized spacial score (nSPS) is 17.1. The van der Waals surface area contributed by atoms with Gasteiger partial charge in [-0.15, -0.1) is 0 Å². The van der Waals surface area contributed by atoms with Crippen molar-refractivity contribution in [3.8, 4) is 0 Å². The second kappa shape index (κ2) is 9.51. The van der Waals surface area contributed by atoms with Gasteiger partial charge in [-0.1, -0.05) is 43.3 Å². The summed E-state index contributed by atoms with van der Waals surface area (Å²) in [6, 6.07) is 17.2. The van der Waals surface area contributed by atoms with Gasteiger partial charge in [0.1, 0.15) is 6.10 Å². The molecule has 2 aromatic carbocycles. The summed E-state index contributed by atoms with van der Waals surface area (Å²) in [5, 5.41) is 2.88. The lowest BCUT2D eigenvalue weighted by atomic mass is 10.1. The Bertz CT molecular complexity index is 801. The fraction of sp³-hybridized carbons (Fsp3) is 0.391. The molecule has 0 aliphatic carbocycles. The number of nitrogens with one attached hydrogen (secondary N) is 1. The van der Waals surface area contributed by atoms with Gasteiger partial charge in [0, 0.05) is 30.4 Å². The van der Waals surface area contributed by atoms with E-state index in [2.05, 4.69) is 19.2 Å². The van der Waals surface area contributed by atoms with Crippen molar-refractivity contribution in [2.24, 2.45) is 0 Å². The van der Waals surface area contributed by atoms with Crippen molar-refractivity contribution in [3.63, 3.8) is 0 Å². The zero-order valence-electron chi connectivity index (χ0n) is 16.6. The molecule has 3 rings (SSSR count). The van der Waals surface area contributed by atoms with Crippen LogP contribution in [0.3, 0.4) is 0 Å². The molecular weight excluding hydrogens is 352 g/mol. The first-order valence-corrected chi connectivity index (χ1v) is 9.96. The summed E-state index contributed by atoms with van der Waals surface area (Å²) in [5.74, 6) is -0.184. The van der Waals surface area contributed by atoms with E-state index in [1.807, 2.05) is 35.2 Å². The summed E-state index contributed by atoms with van der Waals surface area (Å²) in [7, 11) is 0. The molecule has 28 heavy (non-hydrogen) atoms. The maximum atomic E-state index is 13.2. The molecule has 0 bridgehead atoms. The van der Waals surface area contributed by atoms with E-state index >= 15 is 0 Å². The molecule has 1 heterocycles. The fourth-order valence-corrected chi connectivity index (χ4v) is 3.33. The van der Waals surface area contributed by atoms with Crippen LogP contribution in [-0.2, 0) is 16.1 Å². The Balaban J connectivity index is 1.75. The van der Waals surface area contributed by atoms with Crippen molar-refractivity contribution in [1.82, 2.24) is 4.90 Å². The molecule has 148 valence electrons. The molecule has 0 saturated carbocycles. The predicted octanol–water partition coefficient (Wildman–Crippen LogP) is 4.25. The number of amides is 2. The monoisotopic (exact) mass is 380 g/mol. The minimum atomic E-state index is -0.394. The standard InChI is InChI=1S/C23H28N2O3/c1-3-17(2)25(16-18-9-5-4-6-10-18)23(27)19-11-7-12-20(15-19)24-22(26)21-13-8-14-28-21/h4-7,9-12,15,17,21H,3,8,13-14,16H2,1-2H3,(H,24,26)/t17-,21+/m1/s1. The fourth-order valence-electron chi connectivity index (χ4n) is 3.33. The maximum Gasteiger partial charge on any atom is 0.254 e. The second-order valence-electron chi connectivity index (χ2n) is 7.25. The summed E-state index contributed by atoms with van der Waals surface area (Å²) in [6.07, 6.45) is 2.12. The second-order valence-corrected chi connectivity index (χ2v) is 7.25. The molecule has 0 aromatic heterocycles. The summed E-state index contributed by atoms with van der Waals surface area (Å²) in [4.78, 5) is 27.4. The number of rotatable bonds is 7. The molecule has 5 heteroatoms. The van der Waals surface area contributed by atoms with Crippen molar-refractivity contribution in [2.45, 2.75) is 51.8 Å². The number of carbonyl (C=O) groups excluding carboxylic acids is 2. The van der Waals surface area contributed by atoms with Crippen molar-refractivity contribution in [3.05, 3.63) is 65.7 Å². The molecule has 1 aliphatic rings. The van der Waals surface area contributed by atoms with Crippen LogP contribution >= 0.6 is 0 Å². The Hall–Kier alpha value is -2.66. The molecule has 1 fully saturated rings. The summed E-state index contributed by atoms with van der Waals surface area (Å²) in [5.41, 5.74) is 2.29. The highest BCUT2D eigenvalue weighted by Gasteiger charge is 2.24. The van der Waals surface area contributed by atoms with Gasteiger partial charge in [0.2, 0.25) is 0 Å². The van der Waals surface area contributed by atoms with E-state index in [-0.39, 0.29) is 17.9 Å². The highest BCUT2D eigenvalue weighted by Crippen LogP contribution is 2.19. The molecule has 1 saturated heterocycles. The minimum Gasteiger partial charge on any atom is -0.368 e. The molecule has 0 unspecified atom stereocenters. The van der Waals surface area contributed by atoms with Crippen molar-refractivity contribution < 1.29 is 14.3 Å². The number of ether oxygens (including phenoxy) is 1. The SMILES string of the molecule is CC[C@@H](C)N(Cc1ccccc1)C(=O)c1cccc(NC(=O)[C@@H]2CCCO2)c1. The van der Waals surface area contributed by atoms with Crippen LogP contribution in [-0.4, -0.2) is 35.5 Å². The lowest BCUT2D eigenvalue weighted by Gasteiger charge is -2.29. The Morgan fingerprint density at radius 3 is 2.64 bits per heavy atom. The van der Waals surface area contributed by atoms with E-state index < -0.39 is 6.10 Å². The van der Waals surface area contributed by atoms with Gasteiger partial charge < -0.3 is 15.0 Å². The van der Waals surface area contributed by atoms with Crippen LogP contribution in [0.4, 0.5) is 5.69 Å². The molecule has 2 amide bonds. The lowest BCUT2D eigenvalue weighted by Crippen LogP contribution is -2.37. The minimum absolute atomic E-state index is 0.0357. The maximum absolute atomic E-state index is 13.2. The average Bonchev–Trinajstić information content (AvgIpc) is 3.27. The molecular formula is C23H28N2O3.